The molecule has 1 fully saturated rings. The SMILES string of the molecule is N#CCCN(Cc1ccc(C(N)=O)cc1[N+](=O)[O-])CC1CCC1. The van der Waals surface area contributed by atoms with Gasteiger partial charge >= 0.3 is 0 Å². The average Bonchev–Trinajstić information content (AvgIpc) is 2.47. The Bertz CT molecular complexity index is 635. The van der Waals surface area contributed by atoms with Crippen LogP contribution in [0.2, 0.25) is 0 Å². The van der Waals surface area contributed by atoms with E-state index in [1.807, 2.05) is 0 Å². The number of nitro benzene ring substituents is 1. The standard InChI is InChI=1S/C16H20N4O3/c17-7-2-8-19(10-12-3-1-4-12)11-14-6-5-13(16(18)21)9-15(14)20(22)23/h5-6,9,12H,1-4,8,10-11H2,(H2,18,21). The first-order valence-corrected chi connectivity index (χ1v) is 7.67. The van der Waals surface area contributed by atoms with Crippen molar-refractivity contribution < 1.29 is 9.72 Å². The molecule has 2 N–H and O–H groups in total. The Kier molecular flexibility index (Phi) is 5.66. The molecule has 1 aliphatic carbocycles. The minimum atomic E-state index is -0.685. The highest BCUT2D eigenvalue weighted by molar-refractivity contribution is 5.93. The minimum absolute atomic E-state index is 0.100. The Morgan fingerprint density at radius 2 is 2.22 bits per heavy atom. The van der Waals surface area contributed by atoms with Crippen LogP contribution in [0.3, 0.4) is 0 Å². The van der Waals surface area contributed by atoms with Crippen molar-refractivity contribution >= 4 is 11.6 Å². The van der Waals surface area contributed by atoms with Crippen LogP contribution in [0.15, 0.2) is 18.2 Å². The summed E-state index contributed by atoms with van der Waals surface area (Å²) >= 11 is 0. The molecule has 7 heteroatoms. The number of amides is 1. The summed E-state index contributed by atoms with van der Waals surface area (Å²) in [7, 11) is 0. The molecule has 0 bridgehead atoms. The lowest BCUT2D eigenvalue weighted by atomic mass is 9.85. The zero-order chi connectivity index (χ0) is 16.8. The molecular weight excluding hydrogens is 296 g/mol. The van der Waals surface area contributed by atoms with Gasteiger partial charge in [-0.1, -0.05) is 12.5 Å². The highest BCUT2D eigenvalue weighted by Gasteiger charge is 2.23. The number of carbonyl (C=O) groups excluding carboxylic acids is 1. The summed E-state index contributed by atoms with van der Waals surface area (Å²) in [5, 5.41) is 20.1. The van der Waals surface area contributed by atoms with E-state index < -0.39 is 10.8 Å². The second-order valence-electron chi connectivity index (χ2n) is 5.91. The van der Waals surface area contributed by atoms with Gasteiger partial charge in [-0.2, -0.15) is 5.26 Å². The fraction of sp³-hybridized carbons (Fsp3) is 0.500. The van der Waals surface area contributed by atoms with Crippen LogP contribution >= 0.6 is 0 Å². The van der Waals surface area contributed by atoms with Crippen molar-refractivity contribution in [1.82, 2.24) is 4.90 Å². The number of nitro groups is 1. The van der Waals surface area contributed by atoms with Gasteiger partial charge in [0.1, 0.15) is 0 Å². The van der Waals surface area contributed by atoms with Crippen molar-refractivity contribution in [2.24, 2.45) is 11.7 Å². The van der Waals surface area contributed by atoms with Gasteiger partial charge in [-0.15, -0.1) is 0 Å². The lowest BCUT2D eigenvalue weighted by Crippen LogP contribution is -2.33. The molecule has 2 rings (SSSR count). The number of nitrogens with two attached hydrogens (primary N) is 1. The third-order valence-electron chi connectivity index (χ3n) is 4.24. The van der Waals surface area contributed by atoms with Crippen LogP contribution in [0.25, 0.3) is 0 Å². The molecule has 0 heterocycles. The van der Waals surface area contributed by atoms with E-state index in [0.29, 0.717) is 31.0 Å². The first-order chi connectivity index (χ1) is 11.0. The highest BCUT2D eigenvalue weighted by Crippen LogP contribution is 2.29. The van der Waals surface area contributed by atoms with E-state index in [9.17, 15) is 14.9 Å². The lowest BCUT2D eigenvalue weighted by Gasteiger charge is -2.32. The Morgan fingerprint density at radius 3 is 2.74 bits per heavy atom. The van der Waals surface area contributed by atoms with Crippen LogP contribution in [0.4, 0.5) is 5.69 Å². The van der Waals surface area contributed by atoms with E-state index in [1.54, 1.807) is 6.07 Å². The first kappa shape index (κ1) is 16.9. The van der Waals surface area contributed by atoms with Crippen LogP contribution in [-0.2, 0) is 6.54 Å². The van der Waals surface area contributed by atoms with Crippen molar-refractivity contribution in [3.63, 3.8) is 0 Å². The van der Waals surface area contributed by atoms with Crippen LogP contribution in [0, 0.1) is 27.4 Å². The summed E-state index contributed by atoms with van der Waals surface area (Å²) in [6.45, 7) is 1.83. The maximum absolute atomic E-state index is 11.3. The summed E-state index contributed by atoms with van der Waals surface area (Å²) in [6, 6.07) is 6.44. The molecule has 1 saturated carbocycles. The van der Waals surface area contributed by atoms with Gasteiger partial charge in [0.15, 0.2) is 0 Å². The molecular formula is C16H20N4O3. The number of rotatable bonds is 8. The maximum atomic E-state index is 11.3. The zero-order valence-electron chi connectivity index (χ0n) is 12.9. The average molecular weight is 316 g/mol. The predicted molar refractivity (Wildman–Crippen MR) is 84.5 cm³/mol. The summed E-state index contributed by atoms with van der Waals surface area (Å²) in [4.78, 5) is 24.1. The molecule has 0 unspecified atom stereocenters. The van der Waals surface area contributed by atoms with Gasteiger partial charge in [0.2, 0.25) is 5.91 Å². The largest absolute Gasteiger partial charge is 0.366 e. The highest BCUT2D eigenvalue weighted by atomic mass is 16.6. The van der Waals surface area contributed by atoms with Crippen molar-refractivity contribution in [2.45, 2.75) is 32.2 Å². The smallest absolute Gasteiger partial charge is 0.274 e. The van der Waals surface area contributed by atoms with Gasteiger partial charge in [0, 0.05) is 43.2 Å². The molecule has 0 aromatic heterocycles. The first-order valence-electron chi connectivity index (χ1n) is 7.67. The maximum Gasteiger partial charge on any atom is 0.274 e. The predicted octanol–water partition coefficient (Wildman–Crippen LogP) is 2.21. The van der Waals surface area contributed by atoms with Gasteiger partial charge in [-0.3, -0.25) is 19.8 Å². The molecule has 0 radical (unpaired) electrons. The normalized spacial score (nSPS) is 14.3. The van der Waals surface area contributed by atoms with Crippen molar-refractivity contribution in [3.8, 4) is 6.07 Å². The second kappa shape index (κ2) is 7.70. The number of hydrogen-bond donors (Lipinski definition) is 1. The number of hydrogen-bond acceptors (Lipinski definition) is 5. The number of carbonyl (C=O) groups is 1. The monoisotopic (exact) mass is 316 g/mol. The summed E-state index contributed by atoms with van der Waals surface area (Å²) < 4.78 is 0. The molecule has 1 aromatic carbocycles. The third-order valence-corrected chi connectivity index (χ3v) is 4.24. The van der Waals surface area contributed by atoms with E-state index in [0.717, 1.165) is 6.54 Å². The third kappa shape index (κ3) is 4.50. The number of primary amides is 1. The summed E-state index contributed by atoms with van der Waals surface area (Å²) in [6.07, 6.45) is 3.96. The molecule has 0 atom stereocenters. The molecule has 0 aliphatic heterocycles. The molecule has 1 aromatic rings. The Morgan fingerprint density at radius 1 is 1.48 bits per heavy atom. The van der Waals surface area contributed by atoms with E-state index >= 15 is 0 Å². The number of nitriles is 1. The van der Waals surface area contributed by atoms with Crippen LogP contribution in [0.1, 0.15) is 41.6 Å². The summed E-state index contributed by atoms with van der Waals surface area (Å²) in [5.74, 6) is -0.0758. The van der Waals surface area contributed by atoms with Gasteiger partial charge in [0.05, 0.1) is 11.0 Å². The summed E-state index contributed by atoms with van der Waals surface area (Å²) in [5.41, 5.74) is 5.75. The van der Waals surface area contributed by atoms with Gasteiger partial charge in [-0.05, 0) is 24.8 Å². The molecule has 122 valence electrons. The fourth-order valence-electron chi connectivity index (χ4n) is 2.75. The number of nitrogens with zero attached hydrogens (tertiary/aromatic N) is 3. The van der Waals surface area contributed by atoms with Crippen LogP contribution in [0.5, 0.6) is 0 Å². The second-order valence-corrected chi connectivity index (χ2v) is 5.91. The van der Waals surface area contributed by atoms with Crippen molar-refractivity contribution in [3.05, 3.63) is 39.4 Å². The van der Waals surface area contributed by atoms with Crippen LogP contribution in [-0.4, -0.2) is 28.8 Å². The van der Waals surface area contributed by atoms with Gasteiger partial charge < -0.3 is 5.73 Å². The molecule has 7 nitrogen and oxygen atoms in total. The molecule has 23 heavy (non-hydrogen) atoms. The van der Waals surface area contributed by atoms with Crippen molar-refractivity contribution in [2.75, 3.05) is 13.1 Å². The quantitative estimate of drug-likeness (QED) is 0.583. The Balaban J connectivity index is 2.18. The Labute approximate surface area is 134 Å². The van der Waals surface area contributed by atoms with Gasteiger partial charge in [0.25, 0.3) is 5.69 Å². The molecule has 1 amide bonds. The van der Waals surface area contributed by atoms with Gasteiger partial charge in [-0.25, -0.2) is 0 Å². The van der Waals surface area contributed by atoms with Crippen LogP contribution < -0.4 is 5.73 Å². The zero-order valence-corrected chi connectivity index (χ0v) is 12.9. The Hall–Kier alpha value is -2.46. The molecule has 0 saturated heterocycles. The minimum Gasteiger partial charge on any atom is -0.366 e. The van der Waals surface area contributed by atoms with E-state index in [1.165, 1.54) is 31.4 Å². The van der Waals surface area contributed by atoms with E-state index in [-0.39, 0.29) is 11.3 Å². The topological polar surface area (TPSA) is 113 Å². The molecule has 0 spiro atoms. The molecule has 1 aliphatic rings. The fourth-order valence-corrected chi connectivity index (χ4v) is 2.75. The lowest BCUT2D eigenvalue weighted by molar-refractivity contribution is -0.385. The number of benzene rings is 1. The van der Waals surface area contributed by atoms with E-state index in [2.05, 4.69) is 11.0 Å². The van der Waals surface area contributed by atoms with E-state index in [4.69, 9.17) is 11.0 Å². The van der Waals surface area contributed by atoms with Crippen molar-refractivity contribution in [1.29, 1.82) is 5.26 Å².